The van der Waals surface area contributed by atoms with Crippen molar-refractivity contribution in [2.24, 2.45) is 0 Å². The van der Waals surface area contributed by atoms with E-state index in [2.05, 4.69) is 26.1 Å². The fourth-order valence-corrected chi connectivity index (χ4v) is 5.83. The summed E-state index contributed by atoms with van der Waals surface area (Å²) in [5.74, 6) is 1.66. The van der Waals surface area contributed by atoms with Gasteiger partial charge in [-0.3, -0.25) is 0 Å². The van der Waals surface area contributed by atoms with Crippen LogP contribution < -0.4 is 0 Å². The molecule has 1 aromatic carbocycles. The SMILES string of the molecule is O=S(=O)(c1ccc(Br)cc1)N1CCCC(c2nnc(C3CCCCC3)o2)C1. The van der Waals surface area contributed by atoms with Crippen molar-refractivity contribution in [1.82, 2.24) is 14.5 Å². The number of aromatic nitrogens is 2. The van der Waals surface area contributed by atoms with E-state index >= 15 is 0 Å². The molecule has 1 atom stereocenters. The highest BCUT2D eigenvalue weighted by Crippen LogP contribution is 2.34. The summed E-state index contributed by atoms with van der Waals surface area (Å²) in [4.78, 5) is 0.319. The van der Waals surface area contributed by atoms with Crippen LogP contribution in [0.4, 0.5) is 0 Å². The Hall–Kier alpha value is -1.25. The molecule has 2 aromatic rings. The first-order valence-corrected chi connectivity index (χ1v) is 11.9. The zero-order chi connectivity index (χ0) is 18.9. The van der Waals surface area contributed by atoms with Crippen molar-refractivity contribution < 1.29 is 12.8 Å². The molecule has 8 heteroatoms. The number of hydrogen-bond donors (Lipinski definition) is 0. The van der Waals surface area contributed by atoms with Crippen LogP contribution in [0.15, 0.2) is 38.1 Å². The molecule has 1 aliphatic carbocycles. The number of hydrogen-bond acceptors (Lipinski definition) is 5. The molecule has 0 N–H and O–H groups in total. The zero-order valence-corrected chi connectivity index (χ0v) is 17.6. The molecule has 1 saturated carbocycles. The van der Waals surface area contributed by atoms with Gasteiger partial charge in [0.05, 0.1) is 10.8 Å². The van der Waals surface area contributed by atoms with Gasteiger partial charge in [0.2, 0.25) is 21.8 Å². The molecule has 4 rings (SSSR count). The van der Waals surface area contributed by atoms with Crippen LogP contribution in [0.5, 0.6) is 0 Å². The summed E-state index contributed by atoms with van der Waals surface area (Å²) in [6.45, 7) is 0.920. The van der Waals surface area contributed by atoms with Gasteiger partial charge in [0, 0.05) is 23.5 Å². The van der Waals surface area contributed by atoms with E-state index in [1.54, 1.807) is 28.6 Å². The van der Waals surface area contributed by atoms with Crippen LogP contribution in [0.2, 0.25) is 0 Å². The van der Waals surface area contributed by atoms with Gasteiger partial charge in [-0.1, -0.05) is 35.2 Å². The Balaban J connectivity index is 1.49. The Bertz CT molecular complexity index is 876. The summed E-state index contributed by atoms with van der Waals surface area (Å²) in [7, 11) is -3.51. The molecule has 0 bridgehead atoms. The van der Waals surface area contributed by atoms with Gasteiger partial charge >= 0.3 is 0 Å². The molecule has 146 valence electrons. The first kappa shape index (κ1) is 19.1. The third-order valence-electron chi connectivity index (χ3n) is 5.60. The summed E-state index contributed by atoms with van der Waals surface area (Å²) in [5, 5.41) is 8.55. The largest absolute Gasteiger partial charge is 0.425 e. The average Bonchev–Trinajstić information content (AvgIpc) is 3.19. The lowest BCUT2D eigenvalue weighted by Crippen LogP contribution is -2.39. The highest BCUT2D eigenvalue weighted by molar-refractivity contribution is 9.10. The highest BCUT2D eigenvalue weighted by atomic mass is 79.9. The summed E-state index contributed by atoms with van der Waals surface area (Å²) < 4.78 is 34.3. The van der Waals surface area contributed by atoms with E-state index in [9.17, 15) is 8.42 Å². The normalized spacial score (nSPS) is 22.8. The molecule has 2 heterocycles. The zero-order valence-electron chi connectivity index (χ0n) is 15.2. The van der Waals surface area contributed by atoms with E-state index in [1.165, 1.54) is 19.3 Å². The summed E-state index contributed by atoms with van der Waals surface area (Å²) in [6, 6.07) is 6.78. The molecule has 1 saturated heterocycles. The number of piperidine rings is 1. The minimum atomic E-state index is -3.51. The monoisotopic (exact) mass is 453 g/mol. The lowest BCUT2D eigenvalue weighted by Gasteiger charge is -2.30. The summed E-state index contributed by atoms with van der Waals surface area (Å²) >= 11 is 3.35. The second kappa shape index (κ2) is 8.01. The van der Waals surface area contributed by atoms with Crippen molar-refractivity contribution in [3.8, 4) is 0 Å². The molecule has 1 unspecified atom stereocenters. The van der Waals surface area contributed by atoms with Crippen molar-refractivity contribution in [2.45, 2.75) is 61.7 Å². The maximum absolute atomic E-state index is 13.0. The molecule has 1 aromatic heterocycles. The number of rotatable bonds is 4. The fourth-order valence-electron chi connectivity index (χ4n) is 4.04. The molecule has 0 amide bonds. The molecule has 27 heavy (non-hydrogen) atoms. The van der Waals surface area contributed by atoms with Crippen LogP contribution in [-0.2, 0) is 10.0 Å². The average molecular weight is 454 g/mol. The lowest BCUT2D eigenvalue weighted by atomic mass is 9.89. The minimum absolute atomic E-state index is 0.0335. The van der Waals surface area contributed by atoms with E-state index in [-0.39, 0.29) is 5.92 Å². The van der Waals surface area contributed by atoms with Crippen molar-refractivity contribution in [3.63, 3.8) is 0 Å². The third kappa shape index (κ3) is 4.12. The molecule has 0 spiro atoms. The summed E-state index contributed by atoms with van der Waals surface area (Å²) in [6.07, 6.45) is 7.59. The van der Waals surface area contributed by atoms with Crippen molar-refractivity contribution in [1.29, 1.82) is 0 Å². The number of halogens is 1. The van der Waals surface area contributed by atoms with Crippen molar-refractivity contribution in [2.75, 3.05) is 13.1 Å². The van der Waals surface area contributed by atoms with Crippen LogP contribution in [0.25, 0.3) is 0 Å². The maximum atomic E-state index is 13.0. The van der Waals surface area contributed by atoms with Gasteiger partial charge in [-0.15, -0.1) is 10.2 Å². The first-order chi connectivity index (χ1) is 13.0. The van der Waals surface area contributed by atoms with Crippen molar-refractivity contribution in [3.05, 3.63) is 40.5 Å². The van der Waals surface area contributed by atoms with Gasteiger partial charge in [-0.2, -0.15) is 4.31 Å². The van der Waals surface area contributed by atoms with Crippen LogP contribution in [0.1, 0.15) is 68.6 Å². The smallest absolute Gasteiger partial charge is 0.243 e. The number of nitrogens with zero attached hydrogens (tertiary/aromatic N) is 3. The first-order valence-electron chi connectivity index (χ1n) is 9.63. The molecular formula is C19H24BrN3O3S. The quantitative estimate of drug-likeness (QED) is 0.683. The van der Waals surface area contributed by atoms with Gasteiger partial charge in [0.15, 0.2) is 0 Å². The van der Waals surface area contributed by atoms with Crippen molar-refractivity contribution >= 4 is 26.0 Å². The predicted octanol–water partition coefficient (Wildman–Crippen LogP) is 4.45. The third-order valence-corrected chi connectivity index (χ3v) is 8.00. The standard InChI is InChI=1S/C19H24BrN3O3S/c20-16-8-10-17(11-9-16)27(24,25)23-12-4-7-15(13-23)19-22-21-18(26-19)14-5-2-1-3-6-14/h8-11,14-15H,1-7,12-13H2. The van der Waals surface area contributed by atoms with Gasteiger partial charge in [-0.05, 0) is 49.9 Å². The Morgan fingerprint density at radius 1 is 0.926 bits per heavy atom. The predicted molar refractivity (Wildman–Crippen MR) is 105 cm³/mol. The summed E-state index contributed by atoms with van der Waals surface area (Å²) in [5.41, 5.74) is 0. The molecule has 0 radical (unpaired) electrons. The lowest BCUT2D eigenvalue weighted by molar-refractivity contribution is 0.273. The van der Waals surface area contributed by atoms with E-state index in [0.717, 1.165) is 36.0 Å². The second-order valence-electron chi connectivity index (χ2n) is 7.47. The molecule has 6 nitrogen and oxygen atoms in total. The van der Waals surface area contributed by atoms with Crippen LogP contribution in [0.3, 0.4) is 0 Å². The molecule has 2 aliphatic rings. The van der Waals surface area contributed by atoms with E-state index < -0.39 is 10.0 Å². The van der Waals surface area contributed by atoms with Gasteiger partial charge < -0.3 is 4.42 Å². The van der Waals surface area contributed by atoms with Gasteiger partial charge in [0.25, 0.3) is 0 Å². The van der Waals surface area contributed by atoms with E-state index in [1.807, 2.05) is 0 Å². The van der Waals surface area contributed by atoms with Crippen LogP contribution in [0, 0.1) is 0 Å². The fraction of sp³-hybridized carbons (Fsp3) is 0.579. The topological polar surface area (TPSA) is 76.3 Å². The Kier molecular flexibility index (Phi) is 5.66. The van der Waals surface area contributed by atoms with Gasteiger partial charge in [0.1, 0.15) is 0 Å². The highest BCUT2D eigenvalue weighted by Gasteiger charge is 2.33. The van der Waals surface area contributed by atoms with Crippen LogP contribution >= 0.6 is 15.9 Å². The Labute approximate surface area is 168 Å². The number of sulfonamides is 1. The molecular weight excluding hydrogens is 430 g/mol. The second-order valence-corrected chi connectivity index (χ2v) is 10.3. The molecule has 2 fully saturated rings. The molecule has 1 aliphatic heterocycles. The van der Waals surface area contributed by atoms with E-state index in [4.69, 9.17) is 4.42 Å². The maximum Gasteiger partial charge on any atom is 0.243 e. The Morgan fingerprint density at radius 3 is 2.26 bits per heavy atom. The van der Waals surface area contributed by atoms with E-state index in [0.29, 0.717) is 29.8 Å². The minimum Gasteiger partial charge on any atom is -0.425 e. The number of benzene rings is 1. The van der Waals surface area contributed by atoms with Crippen LogP contribution in [-0.4, -0.2) is 36.0 Å². The van der Waals surface area contributed by atoms with Gasteiger partial charge in [-0.25, -0.2) is 8.42 Å². The Morgan fingerprint density at radius 2 is 1.56 bits per heavy atom.